The van der Waals surface area contributed by atoms with Crippen LogP contribution < -0.4 is 5.73 Å². The molecule has 0 saturated heterocycles. The van der Waals surface area contributed by atoms with Crippen LogP contribution >= 0.6 is 11.6 Å². The lowest BCUT2D eigenvalue weighted by Gasteiger charge is -2.21. The largest absolute Gasteiger partial charge is 0.327 e. The van der Waals surface area contributed by atoms with Gasteiger partial charge >= 0.3 is 0 Å². The van der Waals surface area contributed by atoms with E-state index in [4.69, 9.17) is 17.3 Å². The van der Waals surface area contributed by atoms with Gasteiger partial charge in [-0.15, -0.1) is 0 Å². The second-order valence-corrected chi connectivity index (χ2v) is 5.86. The number of hydrogen-bond donors (Lipinski definition) is 1. The molecule has 1 aromatic carbocycles. The van der Waals surface area contributed by atoms with Crippen molar-refractivity contribution in [3.8, 4) is 5.69 Å². The molecule has 0 bridgehead atoms. The van der Waals surface area contributed by atoms with Crippen molar-refractivity contribution in [3.05, 3.63) is 47.0 Å². The predicted octanol–water partition coefficient (Wildman–Crippen LogP) is 3.21. The molecule has 1 aliphatic rings. The molecule has 19 heavy (non-hydrogen) atoms. The van der Waals surface area contributed by atoms with Crippen molar-refractivity contribution in [1.82, 2.24) is 9.55 Å². The Morgan fingerprint density at radius 2 is 2.16 bits per heavy atom. The molecule has 3 rings (SSSR count). The molecule has 1 fully saturated rings. The third-order valence-electron chi connectivity index (χ3n) is 4.27. The molecule has 1 saturated carbocycles. The van der Waals surface area contributed by atoms with Gasteiger partial charge in [-0.2, -0.15) is 0 Å². The molecule has 1 atom stereocenters. The van der Waals surface area contributed by atoms with Crippen molar-refractivity contribution in [2.24, 2.45) is 5.73 Å². The predicted molar refractivity (Wildman–Crippen MR) is 77.9 cm³/mol. The molecule has 0 aliphatic heterocycles. The number of imidazole rings is 1. The van der Waals surface area contributed by atoms with Crippen molar-refractivity contribution < 1.29 is 0 Å². The van der Waals surface area contributed by atoms with Crippen LogP contribution in [-0.2, 0) is 5.41 Å². The van der Waals surface area contributed by atoms with E-state index in [-0.39, 0.29) is 11.5 Å². The molecule has 1 aliphatic carbocycles. The van der Waals surface area contributed by atoms with E-state index < -0.39 is 0 Å². The molecular formula is C15H18ClN3. The first-order valence-corrected chi connectivity index (χ1v) is 6.98. The molecule has 100 valence electrons. The van der Waals surface area contributed by atoms with E-state index >= 15 is 0 Å². The van der Waals surface area contributed by atoms with Gasteiger partial charge in [-0.1, -0.05) is 17.7 Å². The minimum Gasteiger partial charge on any atom is -0.327 e. The smallest absolute Gasteiger partial charge is 0.110 e. The van der Waals surface area contributed by atoms with Crippen LogP contribution in [0.1, 0.15) is 31.2 Å². The lowest BCUT2D eigenvalue weighted by atomic mass is 9.89. The van der Waals surface area contributed by atoms with Crippen molar-refractivity contribution in [2.75, 3.05) is 0 Å². The van der Waals surface area contributed by atoms with E-state index in [1.807, 2.05) is 17.7 Å². The Bertz CT molecular complexity index is 612. The van der Waals surface area contributed by atoms with E-state index in [9.17, 15) is 0 Å². The van der Waals surface area contributed by atoms with E-state index in [0.717, 1.165) is 29.4 Å². The first-order valence-electron chi connectivity index (χ1n) is 6.60. The zero-order valence-electron chi connectivity index (χ0n) is 11.2. The van der Waals surface area contributed by atoms with E-state index in [1.165, 1.54) is 5.56 Å². The SMILES string of the molecule is Cc1nccn1-c1ccc(C2(C(C)N)CC2)cc1Cl. The molecule has 0 amide bonds. The summed E-state index contributed by atoms with van der Waals surface area (Å²) in [6.07, 6.45) is 6.02. The van der Waals surface area contributed by atoms with Gasteiger partial charge in [0.1, 0.15) is 5.82 Å². The molecular weight excluding hydrogens is 258 g/mol. The van der Waals surface area contributed by atoms with Crippen LogP contribution in [0, 0.1) is 6.92 Å². The molecule has 1 heterocycles. The Morgan fingerprint density at radius 1 is 1.42 bits per heavy atom. The lowest BCUT2D eigenvalue weighted by molar-refractivity contribution is 0.556. The Morgan fingerprint density at radius 3 is 2.63 bits per heavy atom. The number of hydrogen-bond acceptors (Lipinski definition) is 2. The maximum atomic E-state index is 6.44. The van der Waals surface area contributed by atoms with Crippen LogP contribution in [0.4, 0.5) is 0 Å². The van der Waals surface area contributed by atoms with Crippen LogP contribution in [0.25, 0.3) is 5.69 Å². The minimum absolute atomic E-state index is 0.145. The average molecular weight is 276 g/mol. The second kappa shape index (κ2) is 4.36. The zero-order chi connectivity index (χ0) is 13.6. The van der Waals surface area contributed by atoms with Gasteiger partial charge < -0.3 is 10.3 Å². The van der Waals surface area contributed by atoms with Crippen LogP contribution in [0.2, 0.25) is 5.02 Å². The Labute approximate surface area is 118 Å². The molecule has 2 aromatic rings. The molecule has 1 aromatic heterocycles. The summed E-state index contributed by atoms with van der Waals surface area (Å²) < 4.78 is 2.00. The third-order valence-corrected chi connectivity index (χ3v) is 4.57. The summed E-state index contributed by atoms with van der Waals surface area (Å²) in [6, 6.07) is 6.45. The molecule has 4 heteroatoms. The third kappa shape index (κ3) is 1.97. The highest BCUT2D eigenvalue weighted by Gasteiger charge is 2.47. The Balaban J connectivity index is 2.02. The van der Waals surface area contributed by atoms with Gasteiger partial charge in [0, 0.05) is 23.9 Å². The number of halogens is 1. The number of aromatic nitrogens is 2. The summed E-state index contributed by atoms with van der Waals surface area (Å²) in [5.74, 6) is 0.933. The Hall–Kier alpha value is -1.32. The fourth-order valence-corrected chi connectivity index (χ4v) is 3.06. The highest BCUT2D eigenvalue weighted by molar-refractivity contribution is 6.32. The quantitative estimate of drug-likeness (QED) is 0.935. The van der Waals surface area contributed by atoms with Crippen molar-refractivity contribution >= 4 is 11.6 Å². The molecule has 0 spiro atoms. The second-order valence-electron chi connectivity index (χ2n) is 5.46. The monoisotopic (exact) mass is 275 g/mol. The maximum Gasteiger partial charge on any atom is 0.110 e. The van der Waals surface area contributed by atoms with E-state index in [2.05, 4.69) is 30.1 Å². The topological polar surface area (TPSA) is 43.8 Å². The summed E-state index contributed by atoms with van der Waals surface area (Å²) >= 11 is 6.44. The highest BCUT2D eigenvalue weighted by atomic mass is 35.5. The number of benzene rings is 1. The first-order chi connectivity index (χ1) is 9.04. The van der Waals surface area contributed by atoms with E-state index in [0.29, 0.717) is 0 Å². The number of rotatable bonds is 3. The lowest BCUT2D eigenvalue weighted by Crippen LogP contribution is -2.31. The van der Waals surface area contributed by atoms with Crippen LogP contribution in [-0.4, -0.2) is 15.6 Å². The fourth-order valence-electron chi connectivity index (χ4n) is 2.79. The molecule has 1 unspecified atom stereocenters. The normalized spacial score (nSPS) is 18.3. The van der Waals surface area contributed by atoms with Crippen molar-refractivity contribution in [2.45, 2.75) is 38.1 Å². The van der Waals surface area contributed by atoms with Gasteiger partial charge in [-0.05, 0) is 44.4 Å². The van der Waals surface area contributed by atoms with Crippen LogP contribution in [0.5, 0.6) is 0 Å². The summed E-state index contributed by atoms with van der Waals surface area (Å²) in [7, 11) is 0. The molecule has 3 nitrogen and oxygen atoms in total. The number of nitrogens with two attached hydrogens (primary N) is 1. The van der Waals surface area contributed by atoms with Gasteiger partial charge in [0.05, 0.1) is 10.7 Å². The molecule has 0 radical (unpaired) electrons. The van der Waals surface area contributed by atoms with Gasteiger partial charge in [-0.3, -0.25) is 0 Å². The van der Waals surface area contributed by atoms with Gasteiger partial charge in [-0.25, -0.2) is 4.98 Å². The van der Waals surface area contributed by atoms with Crippen LogP contribution in [0.3, 0.4) is 0 Å². The summed E-state index contributed by atoms with van der Waals surface area (Å²) in [4.78, 5) is 4.23. The summed E-state index contributed by atoms with van der Waals surface area (Å²) in [5.41, 5.74) is 8.49. The molecule has 2 N–H and O–H groups in total. The zero-order valence-corrected chi connectivity index (χ0v) is 12.0. The average Bonchev–Trinajstić information content (AvgIpc) is 3.08. The van der Waals surface area contributed by atoms with E-state index in [1.54, 1.807) is 6.20 Å². The fraction of sp³-hybridized carbons (Fsp3) is 0.400. The van der Waals surface area contributed by atoms with Gasteiger partial charge in [0.25, 0.3) is 0 Å². The minimum atomic E-state index is 0.145. The van der Waals surface area contributed by atoms with Gasteiger partial charge in [0.15, 0.2) is 0 Å². The van der Waals surface area contributed by atoms with Crippen molar-refractivity contribution in [3.63, 3.8) is 0 Å². The van der Waals surface area contributed by atoms with Crippen LogP contribution in [0.15, 0.2) is 30.6 Å². The maximum absolute atomic E-state index is 6.44. The standard InChI is InChI=1S/C15H18ClN3/c1-10(17)15(5-6-15)12-3-4-14(13(16)9-12)19-8-7-18-11(19)2/h3-4,7-10H,5-6,17H2,1-2H3. The highest BCUT2D eigenvalue weighted by Crippen LogP contribution is 2.51. The van der Waals surface area contributed by atoms with Gasteiger partial charge in [0.2, 0.25) is 0 Å². The first kappa shape index (κ1) is 12.7. The van der Waals surface area contributed by atoms with Crippen molar-refractivity contribution in [1.29, 1.82) is 0 Å². The number of nitrogens with zero attached hydrogens (tertiary/aromatic N) is 2. The number of aryl methyl sites for hydroxylation is 1. The Kier molecular flexibility index (Phi) is 2.91. The summed E-state index contributed by atoms with van der Waals surface area (Å²) in [6.45, 7) is 4.05. The summed E-state index contributed by atoms with van der Waals surface area (Å²) in [5, 5.41) is 0.755.